The van der Waals surface area contributed by atoms with Gasteiger partial charge in [0, 0.05) is 11.4 Å². The summed E-state index contributed by atoms with van der Waals surface area (Å²) in [7, 11) is 0. The van der Waals surface area contributed by atoms with Crippen LogP contribution in [0.5, 0.6) is 0 Å². The highest BCUT2D eigenvalue weighted by Gasteiger charge is 2.50. The van der Waals surface area contributed by atoms with Gasteiger partial charge in [-0.05, 0) is 118 Å². The summed E-state index contributed by atoms with van der Waals surface area (Å²) in [5.41, 5.74) is 3.75. The molecule has 4 aliphatic carbocycles. The number of rotatable bonds is 9. The number of H-pyrrole nitrogens is 1. The van der Waals surface area contributed by atoms with Crippen molar-refractivity contribution in [3.8, 4) is 0 Å². The quantitative estimate of drug-likeness (QED) is 0.260. The minimum atomic E-state index is -0.421. The summed E-state index contributed by atoms with van der Waals surface area (Å²) in [6.45, 7) is 1.18. The lowest BCUT2D eigenvalue weighted by Crippen LogP contribution is -2.46. The van der Waals surface area contributed by atoms with E-state index in [1.807, 2.05) is 30.3 Å². The van der Waals surface area contributed by atoms with Gasteiger partial charge in [-0.1, -0.05) is 36.4 Å². The molecule has 0 radical (unpaired) electrons. The Morgan fingerprint density at radius 1 is 0.976 bits per heavy atom. The van der Waals surface area contributed by atoms with Gasteiger partial charge in [0.2, 0.25) is 0 Å². The van der Waals surface area contributed by atoms with E-state index in [1.54, 1.807) is 24.3 Å². The Balaban J connectivity index is 1.06. The third kappa shape index (κ3) is 5.69. The maximum absolute atomic E-state index is 13.6. The van der Waals surface area contributed by atoms with Crippen LogP contribution in [0.3, 0.4) is 0 Å². The van der Waals surface area contributed by atoms with Crippen molar-refractivity contribution in [2.24, 2.45) is 23.2 Å². The highest BCUT2D eigenvalue weighted by molar-refractivity contribution is 6.04. The van der Waals surface area contributed by atoms with Gasteiger partial charge in [-0.2, -0.15) is 0 Å². The second-order valence-electron chi connectivity index (χ2n) is 13.1. The van der Waals surface area contributed by atoms with E-state index < -0.39 is 5.97 Å². The molecule has 2 aromatic carbocycles. The van der Waals surface area contributed by atoms with Gasteiger partial charge in [0.25, 0.3) is 5.91 Å². The Hall–Kier alpha value is -3.45. The zero-order valence-corrected chi connectivity index (χ0v) is 23.7. The molecule has 7 heteroatoms. The molecule has 0 unspecified atom stereocenters. The predicted octanol–water partition coefficient (Wildman–Crippen LogP) is 6.59. The maximum Gasteiger partial charge on any atom is 0.338 e. The van der Waals surface area contributed by atoms with E-state index in [-0.39, 0.29) is 18.6 Å². The molecule has 1 aliphatic heterocycles. The number of esters is 1. The summed E-state index contributed by atoms with van der Waals surface area (Å²) >= 11 is 0. The summed E-state index contributed by atoms with van der Waals surface area (Å²) in [6.07, 6.45) is 12.5. The fraction of sp³-hybridized carbons (Fsp3) is 0.500. The molecule has 1 aromatic heterocycles. The second-order valence-corrected chi connectivity index (χ2v) is 13.1. The van der Waals surface area contributed by atoms with E-state index in [0.717, 1.165) is 67.1 Å². The lowest BCUT2D eigenvalue weighted by Gasteiger charge is -2.57. The molecule has 3 aromatic rings. The fourth-order valence-corrected chi connectivity index (χ4v) is 8.59. The van der Waals surface area contributed by atoms with Gasteiger partial charge < -0.3 is 20.4 Å². The summed E-state index contributed by atoms with van der Waals surface area (Å²) in [4.78, 5) is 34.8. The molecule has 1 amide bonds. The number of anilines is 1. The van der Waals surface area contributed by atoms with E-state index in [9.17, 15) is 9.59 Å². The zero-order valence-electron chi connectivity index (χ0n) is 23.7. The van der Waals surface area contributed by atoms with E-state index in [0.29, 0.717) is 22.4 Å². The summed E-state index contributed by atoms with van der Waals surface area (Å²) in [5.74, 6) is 2.95. The molecule has 214 valence electrons. The van der Waals surface area contributed by atoms with Crippen molar-refractivity contribution in [3.63, 3.8) is 0 Å². The van der Waals surface area contributed by atoms with Crippen molar-refractivity contribution >= 4 is 17.6 Å². The van der Waals surface area contributed by atoms with E-state index in [2.05, 4.69) is 15.6 Å². The number of aromatic amines is 1. The lowest BCUT2D eigenvalue weighted by atomic mass is 9.48. The Labute approximate surface area is 241 Å². The zero-order chi connectivity index (χ0) is 27.8. The number of amides is 1. The minimum absolute atomic E-state index is 0.164. The Morgan fingerprint density at radius 3 is 2.44 bits per heavy atom. The summed E-state index contributed by atoms with van der Waals surface area (Å²) in [6, 6.07) is 16.7. The molecule has 1 atom stereocenters. The smallest absolute Gasteiger partial charge is 0.338 e. The number of aromatic nitrogens is 2. The fourth-order valence-electron chi connectivity index (χ4n) is 8.59. The van der Waals surface area contributed by atoms with Gasteiger partial charge in [0.05, 0.1) is 11.6 Å². The van der Waals surface area contributed by atoms with Crippen LogP contribution in [0.15, 0.2) is 54.6 Å². The SMILES string of the molecule is O=C(OCc1ccccc1)c1cccc(NC(=O)c2nc([C@H]3CCCN3)[nH]c2CCC23CC4CC(CC(C4)C2)C3)c1. The molecule has 1 saturated heterocycles. The number of benzene rings is 2. The van der Waals surface area contributed by atoms with Gasteiger partial charge in [-0.3, -0.25) is 4.79 Å². The number of hydrogen-bond donors (Lipinski definition) is 3. The van der Waals surface area contributed by atoms with E-state index in [1.165, 1.54) is 38.5 Å². The van der Waals surface area contributed by atoms with Crippen molar-refractivity contribution in [2.75, 3.05) is 11.9 Å². The molecule has 2 heterocycles. The molecule has 0 spiro atoms. The third-order valence-electron chi connectivity index (χ3n) is 10.0. The minimum Gasteiger partial charge on any atom is -0.457 e. The highest BCUT2D eigenvalue weighted by Crippen LogP contribution is 2.61. The average molecular weight is 553 g/mol. The number of ether oxygens (including phenoxy) is 1. The van der Waals surface area contributed by atoms with Crippen molar-refractivity contribution in [1.82, 2.24) is 15.3 Å². The standard InChI is InChI=1S/C34H40N4O3/c39-32(36-27-9-4-8-26(17-27)33(40)41-21-22-6-2-1-3-7-22)30-28(37-31(38-30)29-10-5-13-35-29)11-12-34-18-23-14-24(19-34)16-25(15-23)20-34/h1-4,6-9,17,23-25,29,35H,5,10-16,18-21H2,(H,36,39)(H,37,38)/t23?,24?,25?,29-,34?/m1/s1. The largest absolute Gasteiger partial charge is 0.457 e. The normalized spacial score (nSPS) is 28.1. The maximum atomic E-state index is 13.6. The van der Waals surface area contributed by atoms with Gasteiger partial charge in [0.15, 0.2) is 0 Å². The van der Waals surface area contributed by atoms with Gasteiger partial charge in [-0.15, -0.1) is 0 Å². The first kappa shape index (κ1) is 26.4. The van der Waals surface area contributed by atoms with Crippen LogP contribution in [0.1, 0.15) is 102 Å². The number of carbonyl (C=O) groups excluding carboxylic acids is 2. The van der Waals surface area contributed by atoms with Crippen molar-refractivity contribution in [2.45, 2.75) is 76.9 Å². The van der Waals surface area contributed by atoms with Crippen LogP contribution in [0.2, 0.25) is 0 Å². The van der Waals surface area contributed by atoms with Crippen LogP contribution < -0.4 is 10.6 Å². The predicted molar refractivity (Wildman–Crippen MR) is 157 cm³/mol. The van der Waals surface area contributed by atoms with Crippen molar-refractivity contribution < 1.29 is 14.3 Å². The molecular formula is C34H40N4O3. The highest BCUT2D eigenvalue weighted by atomic mass is 16.5. The second kappa shape index (κ2) is 11.1. The molecule has 3 N–H and O–H groups in total. The van der Waals surface area contributed by atoms with Crippen molar-refractivity contribution in [1.29, 1.82) is 0 Å². The van der Waals surface area contributed by atoms with Crippen LogP contribution in [0.25, 0.3) is 0 Å². The van der Waals surface area contributed by atoms with Gasteiger partial charge >= 0.3 is 5.97 Å². The van der Waals surface area contributed by atoms with Gasteiger partial charge in [-0.25, -0.2) is 9.78 Å². The Morgan fingerprint density at radius 2 is 1.73 bits per heavy atom. The number of aryl methyl sites for hydroxylation is 1. The Bertz CT molecular complexity index is 1370. The Kier molecular flexibility index (Phi) is 7.15. The molecule has 7 nitrogen and oxygen atoms in total. The number of nitrogens with one attached hydrogen (secondary N) is 3. The molecule has 5 aliphatic rings. The molecule has 5 fully saturated rings. The number of nitrogens with zero attached hydrogens (tertiary/aromatic N) is 1. The molecule has 4 bridgehead atoms. The van der Waals surface area contributed by atoms with Crippen LogP contribution in [0.4, 0.5) is 5.69 Å². The van der Waals surface area contributed by atoms with Crippen LogP contribution in [-0.4, -0.2) is 28.4 Å². The number of imidazole rings is 1. The van der Waals surface area contributed by atoms with Crippen molar-refractivity contribution in [3.05, 3.63) is 82.9 Å². The number of hydrogen-bond acceptors (Lipinski definition) is 5. The first-order valence-corrected chi connectivity index (χ1v) is 15.5. The van der Waals surface area contributed by atoms with Gasteiger partial charge in [0.1, 0.15) is 18.1 Å². The number of carbonyl (C=O) groups is 2. The van der Waals surface area contributed by atoms with Crippen LogP contribution in [0, 0.1) is 23.2 Å². The van der Waals surface area contributed by atoms with Crippen LogP contribution >= 0.6 is 0 Å². The summed E-state index contributed by atoms with van der Waals surface area (Å²) < 4.78 is 5.49. The van der Waals surface area contributed by atoms with E-state index >= 15 is 0 Å². The third-order valence-corrected chi connectivity index (χ3v) is 10.0. The average Bonchev–Trinajstić information content (AvgIpc) is 3.66. The topological polar surface area (TPSA) is 96.1 Å². The molecule has 41 heavy (non-hydrogen) atoms. The first-order chi connectivity index (χ1) is 20.0. The van der Waals surface area contributed by atoms with Crippen LogP contribution in [-0.2, 0) is 17.8 Å². The first-order valence-electron chi connectivity index (χ1n) is 15.5. The molecule has 4 saturated carbocycles. The molecule has 8 rings (SSSR count). The monoisotopic (exact) mass is 552 g/mol. The molecular weight excluding hydrogens is 512 g/mol. The summed E-state index contributed by atoms with van der Waals surface area (Å²) in [5, 5.41) is 6.54. The lowest BCUT2D eigenvalue weighted by molar-refractivity contribution is -0.0570. The van der Waals surface area contributed by atoms with E-state index in [4.69, 9.17) is 9.72 Å².